The number of likely N-dealkylation sites (tertiary alicyclic amines) is 1. The van der Waals surface area contributed by atoms with Crippen molar-refractivity contribution >= 4 is 17.6 Å². The van der Waals surface area contributed by atoms with Gasteiger partial charge in [0.2, 0.25) is 0 Å². The highest BCUT2D eigenvalue weighted by Crippen LogP contribution is 2.28. The third-order valence-electron chi connectivity index (χ3n) is 6.64. The highest BCUT2D eigenvalue weighted by atomic mass is 16.2. The van der Waals surface area contributed by atoms with Crippen LogP contribution in [0.4, 0.5) is 10.5 Å². The molecule has 34 heavy (non-hydrogen) atoms. The first-order valence-electron chi connectivity index (χ1n) is 12.1. The first-order chi connectivity index (χ1) is 16.5. The third kappa shape index (κ3) is 5.84. The number of urea groups is 1. The van der Waals surface area contributed by atoms with Crippen molar-refractivity contribution in [3.8, 4) is 0 Å². The minimum atomic E-state index is -0.0777. The quantitative estimate of drug-likeness (QED) is 0.486. The Morgan fingerprint density at radius 3 is 2.56 bits per heavy atom. The molecule has 1 fully saturated rings. The van der Waals surface area contributed by atoms with Gasteiger partial charge in [0.1, 0.15) is 0 Å². The molecule has 1 aliphatic heterocycles. The van der Waals surface area contributed by atoms with Crippen molar-refractivity contribution in [1.29, 1.82) is 0 Å². The number of nitrogens with zero attached hydrogens (tertiary/aromatic N) is 1. The Kier molecular flexibility index (Phi) is 7.63. The zero-order valence-corrected chi connectivity index (χ0v) is 20.0. The molecule has 0 aromatic heterocycles. The minimum absolute atomic E-state index is 0.0684. The maximum Gasteiger partial charge on any atom is 0.321 e. The monoisotopic (exact) mass is 455 g/mol. The van der Waals surface area contributed by atoms with Gasteiger partial charge < -0.3 is 15.5 Å². The van der Waals surface area contributed by atoms with E-state index in [9.17, 15) is 9.59 Å². The number of piperidine rings is 1. The summed E-state index contributed by atoms with van der Waals surface area (Å²) in [5, 5.41) is 6.06. The van der Waals surface area contributed by atoms with Crippen LogP contribution in [-0.4, -0.2) is 29.9 Å². The summed E-state index contributed by atoms with van der Waals surface area (Å²) in [5.41, 5.74) is 6.11. The summed E-state index contributed by atoms with van der Waals surface area (Å²) >= 11 is 0. The summed E-state index contributed by atoms with van der Waals surface area (Å²) in [7, 11) is 0. The number of rotatable bonds is 6. The number of carbonyl (C=O) groups is 2. The van der Waals surface area contributed by atoms with Crippen molar-refractivity contribution in [2.24, 2.45) is 0 Å². The molecule has 1 atom stereocenters. The van der Waals surface area contributed by atoms with Crippen LogP contribution < -0.4 is 10.6 Å². The Hall–Kier alpha value is -3.60. The molecule has 3 aromatic rings. The summed E-state index contributed by atoms with van der Waals surface area (Å²) in [4.78, 5) is 27.6. The van der Waals surface area contributed by atoms with E-state index in [2.05, 4.69) is 23.6 Å². The number of amides is 3. The average Bonchev–Trinajstić information content (AvgIpc) is 2.88. The second-order valence-electron chi connectivity index (χ2n) is 9.00. The topological polar surface area (TPSA) is 61.4 Å². The SMILES string of the molecule is CCc1ccc(NC(=O)N2CCC[C@@H](c3cccc(C(=O)NCc4ccccc4C)c3)C2)cc1. The molecular weight excluding hydrogens is 422 g/mol. The van der Waals surface area contributed by atoms with Crippen LogP contribution in [0.15, 0.2) is 72.8 Å². The molecule has 1 saturated heterocycles. The molecule has 2 N–H and O–H groups in total. The number of nitrogens with one attached hydrogen (secondary N) is 2. The second kappa shape index (κ2) is 11.0. The van der Waals surface area contributed by atoms with Gasteiger partial charge in [0.25, 0.3) is 5.91 Å². The fraction of sp³-hybridized carbons (Fsp3) is 0.310. The Bertz CT molecular complexity index is 1140. The van der Waals surface area contributed by atoms with Crippen molar-refractivity contribution in [3.05, 3.63) is 101 Å². The van der Waals surface area contributed by atoms with E-state index in [4.69, 9.17) is 0 Å². The predicted octanol–water partition coefficient (Wildman–Crippen LogP) is 5.90. The molecule has 0 radical (unpaired) electrons. The summed E-state index contributed by atoms with van der Waals surface area (Å²) in [5.74, 6) is 0.136. The zero-order valence-electron chi connectivity index (χ0n) is 20.0. The fourth-order valence-electron chi connectivity index (χ4n) is 4.48. The van der Waals surface area contributed by atoms with Gasteiger partial charge in [-0.2, -0.15) is 0 Å². The summed E-state index contributed by atoms with van der Waals surface area (Å²) in [6.45, 7) is 6.06. The molecule has 0 spiro atoms. The van der Waals surface area contributed by atoms with E-state index in [0.29, 0.717) is 18.7 Å². The molecule has 4 rings (SSSR count). The number of hydrogen-bond donors (Lipinski definition) is 2. The van der Waals surface area contributed by atoms with Crippen LogP contribution in [0.25, 0.3) is 0 Å². The maximum atomic E-state index is 12.9. The van der Waals surface area contributed by atoms with Crippen molar-refractivity contribution in [2.45, 2.75) is 45.6 Å². The largest absolute Gasteiger partial charge is 0.348 e. The van der Waals surface area contributed by atoms with Crippen LogP contribution in [0.2, 0.25) is 0 Å². The van der Waals surface area contributed by atoms with Crippen molar-refractivity contribution in [3.63, 3.8) is 0 Å². The summed E-state index contributed by atoms with van der Waals surface area (Å²) in [6, 6.07) is 23.8. The number of anilines is 1. The number of aryl methyl sites for hydroxylation is 2. The van der Waals surface area contributed by atoms with Gasteiger partial charge in [-0.15, -0.1) is 0 Å². The van der Waals surface area contributed by atoms with Gasteiger partial charge in [-0.3, -0.25) is 4.79 Å². The first-order valence-corrected chi connectivity index (χ1v) is 12.1. The van der Waals surface area contributed by atoms with Crippen LogP contribution >= 0.6 is 0 Å². The lowest BCUT2D eigenvalue weighted by Crippen LogP contribution is -2.41. The van der Waals surface area contributed by atoms with E-state index >= 15 is 0 Å². The van der Waals surface area contributed by atoms with Gasteiger partial charge in [0.05, 0.1) is 0 Å². The molecule has 1 heterocycles. The summed E-state index contributed by atoms with van der Waals surface area (Å²) in [6.07, 6.45) is 2.92. The molecule has 5 nitrogen and oxygen atoms in total. The lowest BCUT2D eigenvalue weighted by Gasteiger charge is -2.33. The first kappa shape index (κ1) is 23.6. The predicted molar refractivity (Wildman–Crippen MR) is 137 cm³/mol. The lowest BCUT2D eigenvalue weighted by molar-refractivity contribution is 0.0950. The smallest absolute Gasteiger partial charge is 0.321 e. The van der Waals surface area contributed by atoms with Gasteiger partial charge in [0, 0.05) is 36.8 Å². The van der Waals surface area contributed by atoms with Gasteiger partial charge in [-0.1, -0.05) is 55.5 Å². The van der Waals surface area contributed by atoms with E-state index in [1.54, 1.807) is 0 Å². The van der Waals surface area contributed by atoms with Crippen molar-refractivity contribution < 1.29 is 9.59 Å². The fourth-order valence-corrected chi connectivity index (χ4v) is 4.48. The number of hydrogen-bond acceptors (Lipinski definition) is 2. The van der Waals surface area contributed by atoms with Crippen LogP contribution in [0.5, 0.6) is 0 Å². The molecule has 5 heteroatoms. The van der Waals surface area contributed by atoms with Gasteiger partial charge in [0.15, 0.2) is 0 Å². The van der Waals surface area contributed by atoms with Gasteiger partial charge >= 0.3 is 6.03 Å². The second-order valence-corrected chi connectivity index (χ2v) is 9.00. The normalized spacial score (nSPS) is 15.6. The minimum Gasteiger partial charge on any atom is -0.348 e. The molecule has 176 valence electrons. The van der Waals surface area contributed by atoms with Crippen molar-refractivity contribution in [1.82, 2.24) is 10.2 Å². The lowest BCUT2D eigenvalue weighted by atomic mass is 9.89. The zero-order chi connectivity index (χ0) is 23.9. The van der Waals surface area contributed by atoms with E-state index in [-0.39, 0.29) is 17.9 Å². The Morgan fingerprint density at radius 1 is 1.00 bits per heavy atom. The van der Waals surface area contributed by atoms with Crippen LogP contribution in [0, 0.1) is 6.92 Å². The highest BCUT2D eigenvalue weighted by molar-refractivity contribution is 5.94. The number of carbonyl (C=O) groups excluding carboxylic acids is 2. The molecule has 0 bridgehead atoms. The molecule has 3 aromatic carbocycles. The molecule has 0 unspecified atom stereocenters. The molecule has 0 saturated carbocycles. The number of benzene rings is 3. The van der Waals surface area contributed by atoms with Crippen LogP contribution in [0.1, 0.15) is 58.3 Å². The summed E-state index contributed by atoms with van der Waals surface area (Å²) < 4.78 is 0. The molecule has 0 aliphatic carbocycles. The van der Waals surface area contributed by atoms with E-state index < -0.39 is 0 Å². The molecular formula is C29H33N3O2. The van der Waals surface area contributed by atoms with E-state index in [0.717, 1.165) is 42.6 Å². The van der Waals surface area contributed by atoms with Crippen LogP contribution in [-0.2, 0) is 13.0 Å². The van der Waals surface area contributed by atoms with E-state index in [1.165, 1.54) is 11.1 Å². The van der Waals surface area contributed by atoms with Crippen molar-refractivity contribution in [2.75, 3.05) is 18.4 Å². The van der Waals surface area contributed by atoms with Gasteiger partial charge in [-0.25, -0.2) is 4.79 Å². The highest BCUT2D eigenvalue weighted by Gasteiger charge is 2.25. The standard InChI is InChI=1S/C29H33N3O2/c1-3-22-13-15-27(16-14-22)31-29(34)32-17-7-12-26(20-32)23-10-6-11-24(18-23)28(33)30-19-25-9-5-4-8-21(25)2/h4-6,8-11,13-16,18,26H,3,7,12,17,19-20H2,1-2H3,(H,30,33)(H,31,34)/t26-/m1/s1. The Balaban J connectivity index is 1.37. The van der Waals surface area contributed by atoms with E-state index in [1.807, 2.05) is 78.6 Å². The third-order valence-corrected chi connectivity index (χ3v) is 6.64. The van der Waals surface area contributed by atoms with Crippen LogP contribution in [0.3, 0.4) is 0 Å². The molecule has 3 amide bonds. The average molecular weight is 456 g/mol. The Morgan fingerprint density at radius 2 is 1.79 bits per heavy atom. The van der Waals surface area contributed by atoms with Gasteiger partial charge in [-0.05, 0) is 72.7 Å². The Labute approximate surface area is 202 Å². The molecule has 1 aliphatic rings. The maximum absolute atomic E-state index is 12.9.